The molecule has 1 rings (SSSR count). The Kier molecular flexibility index (Phi) is 6.54. The molecule has 5 nitrogen and oxygen atoms in total. The highest BCUT2D eigenvalue weighted by atomic mass is 16.5. The molecule has 1 aromatic rings. The van der Waals surface area contributed by atoms with Gasteiger partial charge in [0, 0.05) is 18.2 Å². The zero-order chi connectivity index (χ0) is 15.8. The highest BCUT2D eigenvalue weighted by Crippen LogP contribution is 2.28. The molecule has 1 amide bonds. The normalized spacial score (nSPS) is 10.1. The van der Waals surface area contributed by atoms with E-state index in [1.807, 2.05) is 20.8 Å². The summed E-state index contributed by atoms with van der Waals surface area (Å²) in [6.45, 7) is 6.70. The highest BCUT2D eigenvalue weighted by Gasteiger charge is 2.20. The molecule has 0 atom stereocenters. The Morgan fingerprint density at radius 3 is 2.62 bits per heavy atom. The van der Waals surface area contributed by atoms with Crippen LogP contribution in [0.4, 0.5) is 0 Å². The second-order valence-corrected chi connectivity index (χ2v) is 4.80. The van der Waals surface area contributed by atoms with Crippen LogP contribution in [0, 0.1) is 11.3 Å². The Balaban J connectivity index is 3.02. The number of amides is 1. The van der Waals surface area contributed by atoms with Gasteiger partial charge in [-0.05, 0) is 39.0 Å². The maximum absolute atomic E-state index is 12.5. The lowest BCUT2D eigenvalue weighted by atomic mass is 10.1. The lowest BCUT2D eigenvalue weighted by Crippen LogP contribution is -2.37. The highest BCUT2D eigenvalue weighted by molar-refractivity contribution is 5.95. The maximum atomic E-state index is 12.5. The molecule has 0 aromatic heterocycles. The van der Waals surface area contributed by atoms with Crippen molar-refractivity contribution in [3.05, 3.63) is 23.8 Å². The Labute approximate surface area is 126 Å². The summed E-state index contributed by atoms with van der Waals surface area (Å²) >= 11 is 0. The van der Waals surface area contributed by atoms with Gasteiger partial charge in [-0.3, -0.25) is 4.79 Å². The van der Waals surface area contributed by atoms with Gasteiger partial charge in [-0.1, -0.05) is 0 Å². The van der Waals surface area contributed by atoms with Crippen LogP contribution in [0.5, 0.6) is 11.5 Å². The smallest absolute Gasteiger partial charge is 0.254 e. The van der Waals surface area contributed by atoms with Crippen LogP contribution in [0.25, 0.3) is 0 Å². The molecule has 0 saturated carbocycles. The molecule has 5 heteroatoms. The van der Waals surface area contributed by atoms with Gasteiger partial charge in [-0.2, -0.15) is 5.26 Å². The molecule has 0 N–H and O–H groups in total. The molecule has 0 aliphatic heterocycles. The summed E-state index contributed by atoms with van der Waals surface area (Å²) in [5, 5.41) is 8.70. The Bertz CT molecular complexity index is 521. The van der Waals surface area contributed by atoms with Gasteiger partial charge < -0.3 is 14.4 Å². The van der Waals surface area contributed by atoms with Crippen molar-refractivity contribution in [2.75, 3.05) is 20.3 Å². The van der Waals surface area contributed by atoms with Crippen LogP contribution in [0.3, 0.4) is 0 Å². The van der Waals surface area contributed by atoms with Gasteiger partial charge in [0.15, 0.2) is 11.5 Å². The summed E-state index contributed by atoms with van der Waals surface area (Å²) in [5.74, 6) is 1.04. The van der Waals surface area contributed by atoms with E-state index in [0.29, 0.717) is 36.6 Å². The number of hydrogen-bond acceptors (Lipinski definition) is 4. The monoisotopic (exact) mass is 290 g/mol. The fourth-order valence-electron chi connectivity index (χ4n) is 2.01. The molecular weight excluding hydrogens is 268 g/mol. The molecule has 0 fully saturated rings. The summed E-state index contributed by atoms with van der Waals surface area (Å²) in [4.78, 5) is 14.2. The van der Waals surface area contributed by atoms with Gasteiger partial charge in [0.25, 0.3) is 5.91 Å². The third-order valence-electron chi connectivity index (χ3n) is 3.06. The predicted octanol–water partition coefficient (Wildman–Crippen LogP) is 2.86. The van der Waals surface area contributed by atoms with Crippen molar-refractivity contribution in [1.29, 1.82) is 5.26 Å². The third kappa shape index (κ3) is 4.38. The fourth-order valence-corrected chi connectivity index (χ4v) is 2.01. The number of rotatable bonds is 7. The Morgan fingerprint density at radius 1 is 1.38 bits per heavy atom. The van der Waals surface area contributed by atoms with Gasteiger partial charge in [0.1, 0.15) is 0 Å². The number of hydrogen-bond donors (Lipinski definition) is 0. The molecule has 0 radical (unpaired) electrons. The number of nitriles is 1. The first-order valence-corrected chi connectivity index (χ1v) is 7.03. The van der Waals surface area contributed by atoms with Crippen molar-refractivity contribution in [1.82, 2.24) is 4.90 Å². The molecule has 0 saturated heterocycles. The quantitative estimate of drug-likeness (QED) is 0.774. The van der Waals surface area contributed by atoms with E-state index in [0.717, 1.165) is 0 Å². The average Bonchev–Trinajstić information content (AvgIpc) is 2.47. The lowest BCUT2D eigenvalue weighted by molar-refractivity contribution is 0.0710. The van der Waals surface area contributed by atoms with Gasteiger partial charge in [0.05, 0.1) is 26.2 Å². The molecule has 0 unspecified atom stereocenters. The van der Waals surface area contributed by atoms with E-state index in [-0.39, 0.29) is 11.9 Å². The molecule has 0 spiro atoms. The van der Waals surface area contributed by atoms with Crippen LogP contribution in [0.2, 0.25) is 0 Å². The molecule has 114 valence electrons. The molecule has 21 heavy (non-hydrogen) atoms. The minimum Gasteiger partial charge on any atom is -0.493 e. The van der Waals surface area contributed by atoms with Crippen molar-refractivity contribution >= 4 is 5.91 Å². The van der Waals surface area contributed by atoms with E-state index in [2.05, 4.69) is 6.07 Å². The number of benzene rings is 1. The van der Waals surface area contributed by atoms with E-state index < -0.39 is 0 Å². The van der Waals surface area contributed by atoms with Gasteiger partial charge in [-0.25, -0.2) is 0 Å². The molecular formula is C16H22N2O3. The van der Waals surface area contributed by atoms with Gasteiger partial charge in [0.2, 0.25) is 0 Å². The second kappa shape index (κ2) is 8.15. The van der Waals surface area contributed by atoms with Crippen LogP contribution in [0.15, 0.2) is 18.2 Å². The van der Waals surface area contributed by atoms with E-state index in [1.54, 1.807) is 30.2 Å². The van der Waals surface area contributed by atoms with E-state index in [9.17, 15) is 4.79 Å². The van der Waals surface area contributed by atoms with Crippen molar-refractivity contribution in [2.45, 2.75) is 33.2 Å². The number of ether oxygens (including phenoxy) is 2. The molecule has 1 aromatic carbocycles. The van der Waals surface area contributed by atoms with Crippen LogP contribution >= 0.6 is 0 Å². The van der Waals surface area contributed by atoms with Gasteiger partial charge in [-0.15, -0.1) is 0 Å². The number of carbonyl (C=O) groups is 1. The SMILES string of the molecule is CCOc1ccc(C(=O)N(CCC#N)C(C)C)cc1OC. The first-order valence-electron chi connectivity index (χ1n) is 7.03. The van der Waals surface area contributed by atoms with Gasteiger partial charge >= 0.3 is 0 Å². The van der Waals surface area contributed by atoms with Crippen LogP contribution < -0.4 is 9.47 Å². The summed E-state index contributed by atoms with van der Waals surface area (Å²) < 4.78 is 10.7. The first-order chi connectivity index (χ1) is 10.0. The minimum absolute atomic E-state index is 0.0309. The summed E-state index contributed by atoms with van der Waals surface area (Å²) in [5.41, 5.74) is 0.530. The van der Waals surface area contributed by atoms with E-state index in [1.165, 1.54) is 0 Å². The minimum atomic E-state index is -0.110. The lowest BCUT2D eigenvalue weighted by Gasteiger charge is -2.26. The van der Waals surface area contributed by atoms with Crippen LogP contribution in [0.1, 0.15) is 37.6 Å². The van der Waals surface area contributed by atoms with Crippen molar-refractivity contribution in [3.63, 3.8) is 0 Å². The first kappa shape index (κ1) is 16.8. The zero-order valence-corrected chi connectivity index (χ0v) is 13.0. The van der Waals surface area contributed by atoms with Crippen molar-refractivity contribution < 1.29 is 14.3 Å². The number of methoxy groups -OCH3 is 1. The Hall–Kier alpha value is -2.22. The molecule has 0 heterocycles. The maximum Gasteiger partial charge on any atom is 0.254 e. The van der Waals surface area contributed by atoms with Crippen molar-refractivity contribution in [3.8, 4) is 17.6 Å². The third-order valence-corrected chi connectivity index (χ3v) is 3.06. The summed E-state index contributed by atoms with van der Waals surface area (Å²) in [6.07, 6.45) is 0.318. The topological polar surface area (TPSA) is 62.6 Å². The van der Waals surface area contributed by atoms with Crippen molar-refractivity contribution in [2.24, 2.45) is 0 Å². The zero-order valence-electron chi connectivity index (χ0n) is 13.0. The van der Waals surface area contributed by atoms with Crippen LogP contribution in [-0.2, 0) is 0 Å². The van der Waals surface area contributed by atoms with E-state index in [4.69, 9.17) is 14.7 Å². The summed E-state index contributed by atoms with van der Waals surface area (Å²) in [6, 6.07) is 7.23. The largest absolute Gasteiger partial charge is 0.493 e. The number of carbonyl (C=O) groups excluding carboxylic acids is 1. The molecule has 0 aliphatic rings. The average molecular weight is 290 g/mol. The number of nitrogens with zero attached hydrogens (tertiary/aromatic N) is 2. The molecule has 0 bridgehead atoms. The summed E-state index contributed by atoms with van der Waals surface area (Å²) in [7, 11) is 1.54. The molecule has 0 aliphatic carbocycles. The van der Waals surface area contributed by atoms with E-state index >= 15 is 0 Å². The fraction of sp³-hybridized carbons (Fsp3) is 0.500. The predicted molar refractivity (Wildman–Crippen MR) is 80.6 cm³/mol. The standard InChI is InChI=1S/C16H22N2O3/c1-5-21-14-8-7-13(11-15(14)20-4)16(19)18(12(2)3)10-6-9-17/h7-8,11-12H,5-6,10H2,1-4H3. The second-order valence-electron chi connectivity index (χ2n) is 4.80. The Morgan fingerprint density at radius 2 is 2.10 bits per heavy atom. The van der Waals surface area contributed by atoms with Crippen LogP contribution in [-0.4, -0.2) is 37.1 Å².